The Morgan fingerprint density at radius 3 is 2.33 bits per heavy atom. The largest absolute Gasteiger partial charge is 0.515 e. The normalized spacial score (nSPS) is 25.0. The molecule has 0 heterocycles. The van der Waals surface area contributed by atoms with Gasteiger partial charge in [0.05, 0.1) is 6.26 Å². The number of carbonyl (C=O) groups excluding carboxylic acids is 1. The number of methoxy groups -OCH3 is 1. The van der Waals surface area contributed by atoms with E-state index in [1.165, 1.54) is 0 Å². The summed E-state index contributed by atoms with van der Waals surface area (Å²) in [6.45, 7) is 5.93. The Balaban J connectivity index is 2.56. The molecule has 3 heteroatoms. The van der Waals surface area contributed by atoms with Crippen LogP contribution in [-0.4, -0.2) is 23.6 Å². The number of ketones is 1. The molecule has 2 rings (SSSR count). The van der Waals surface area contributed by atoms with E-state index in [9.17, 15) is 9.90 Å². The highest BCUT2D eigenvalue weighted by molar-refractivity contribution is 6.08. The van der Waals surface area contributed by atoms with Crippen molar-refractivity contribution in [2.24, 2.45) is 5.41 Å². The van der Waals surface area contributed by atoms with E-state index in [0.717, 1.165) is 23.0 Å². The van der Waals surface area contributed by atoms with Gasteiger partial charge in [-0.15, -0.1) is 0 Å². The summed E-state index contributed by atoms with van der Waals surface area (Å²) in [5, 5.41) is 9.63. The minimum atomic E-state index is -0.945. The lowest BCUT2D eigenvalue weighted by atomic mass is 9.66. The lowest BCUT2D eigenvalue weighted by Crippen LogP contribution is -2.52. The van der Waals surface area contributed by atoms with Crippen molar-refractivity contribution in [1.82, 2.24) is 0 Å². The second-order valence-corrected chi connectivity index (χ2v) is 6.40. The van der Waals surface area contributed by atoms with Gasteiger partial charge in [-0.1, -0.05) is 51.1 Å². The molecule has 112 valence electrons. The summed E-state index contributed by atoms with van der Waals surface area (Å²) in [5.74, 6) is -0.0537. The number of benzene rings is 1. The van der Waals surface area contributed by atoms with Crippen LogP contribution in [0, 0.1) is 5.41 Å². The fourth-order valence-electron chi connectivity index (χ4n) is 2.91. The minimum absolute atomic E-state index is 0.0537. The zero-order valence-electron chi connectivity index (χ0n) is 13.0. The third-order valence-electron chi connectivity index (χ3n) is 4.26. The Bertz CT molecular complexity index is 591. The number of hydrogen-bond acceptors (Lipinski definition) is 3. The summed E-state index contributed by atoms with van der Waals surface area (Å²) < 4.78 is 5.63. The van der Waals surface area contributed by atoms with Crippen LogP contribution in [0.2, 0.25) is 0 Å². The van der Waals surface area contributed by atoms with Crippen LogP contribution in [0.3, 0.4) is 0 Å². The van der Waals surface area contributed by atoms with Gasteiger partial charge in [0.15, 0.2) is 5.78 Å². The van der Waals surface area contributed by atoms with Gasteiger partial charge in [0.1, 0.15) is 5.60 Å². The van der Waals surface area contributed by atoms with Crippen LogP contribution in [0.25, 0.3) is 5.57 Å². The van der Waals surface area contributed by atoms with Crippen molar-refractivity contribution in [3.8, 4) is 0 Å². The molecule has 1 aliphatic rings. The van der Waals surface area contributed by atoms with Gasteiger partial charge in [0.25, 0.3) is 0 Å². The van der Waals surface area contributed by atoms with E-state index >= 15 is 0 Å². The molecule has 1 aliphatic carbocycles. The van der Waals surface area contributed by atoms with Crippen LogP contribution in [0.4, 0.5) is 0 Å². The van der Waals surface area contributed by atoms with Crippen molar-refractivity contribution in [2.45, 2.75) is 32.8 Å². The van der Waals surface area contributed by atoms with Gasteiger partial charge in [-0.05, 0) is 28.2 Å². The summed E-state index contributed by atoms with van der Waals surface area (Å²) >= 11 is 0. The highest BCUT2D eigenvalue weighted by atomic mass is 16.5. The van der Waals surface area contributed by atoms with Crippen LogP contribution in [-0.2, 0) is 9.53 Å². The highest BCUT2D eigenvalue weighted by Gasteiger charge is 2.50. The minimum Gasteiger partial charge on any atom is -0.515 e. The number of carbonyl (C=O) groups is 1. The topological polar surface area (TPSA) is 46.5 Å². The number of allylic oxidation sites excluding steroid dienone is 1. The third kappa shape index (κ3) is 2.54. The summed E-state index contributed by atoms with van der Waals surface area (Å²) in [7, 11) is 1.56. The lowest BCUT2D eigenvalue weighted by molar-refractivity contribution is -0.151. The molecular formula is C18H22O3. The summed E-state index contributed by atoms with van der Waals surface area (Å²) in [4.78, 5) is 12.7. The molecule has 0 saturated heterocycles. The van der Waals surface area contributed by atoms with Crippen LogP contribution in [0.15, 0.2) is 48.2 Å². The molecule has 0 aliphatic heterocycles. The van der Waals surface area contributed by atoms with Crippen LogP contribution in [0.5, 0.6) is 0 Å². The second kappa shape index (κ2) is 5.49. The molecule has 1 N–H and O–H groups in total. The first kappa shape index (κ1) is 15.5. The van der Waals surface area contributed by atoms with E-state index < -0.39 is 5.60 Å². The molecule has 0 saturated carbocycles. The van der Waals surface area contributed by atoms with E-state index in [4.69, 9.17) is 4.74 Å². The SMILES string of the molecule is COC1(C(C)(C)C)CC(=CO)C(c2ccccc2)=CC1=O. The van der Waals surface area contributed by atoms with E-state index in [2.05, 4.69) is 0 Å². The molecule has 1 unspecified atom stereocenters. The maximum absolute atomic E-state index is 12.7. The van der Waals surface area contributed by atoms with Gasteiger partial charge in [0, 0.05) is 13.5 Å². The van der Waals surface area contributed by atoms with E-state index in [1.54, 1.807) is 13.2 Å². The molecule has 1 aromatic carbocycles. The van der Waals surface area contributed by atoms with Crippen molar-refractivity contribution < 1.29 is 14.6 Å². The average molecular weight is 286 g/mol. The second-order valence-electron chi connectivity index (χ2n) is 6.40. The van der Waals surface area contributed by atoms with Gasteiger partial charge >= 0.3 is 0 Å². The first-order chi connectivity index (χ1) is 9.85. The zero-order valence-corrected chi connectivity index (χ0v) is 13.0. The maximum Gasteiger partial charge on any atom is 0.188 e. The Morgan fingerprint density at radius 2 is 1.86 bits per heavy atom. The number of aliphatic hydroxyl groups is 1. The van der Waals surface area contributed by atoms with Crippen molar-refractivity contribution in [3.63, 3.8) is 0 Å². The summed E-state index contributed by atoms with van der Waals surface area (Å²) in [6.07, 6.45) is 3.05. The molecular weight excluding hydrogens is 264 g/mol. The Kier molecular flexibility index (Phi) is 4.06. The first-order valence-corrected chi connectivity index (χ1v) is 7.06. The molecule has 0 radical (unpaired) electrons. The molecule has 3 nitrogen and oxygen atoms in total. The number of ether oxygens (including phenoxy) is 1. The lowest BCUT2D eigenvalue weighted by Gasteiger charge is -2.44. The quantitative estimate of drug-likeness (QED) is 0.838. The van der Waals surface area contributed by atoms with Crippen molar-refractivity contribution in [2.75, 3.05) is 7.11 Å². The predicted octanol–water partition coefficient (Wildman–Crippen LogP) is 3.92. The van der Waals surface area contributed by atoms with Crippen molar-refractivity contribution in [3.05, 3.63) is 53.8 Å². The Hall–Kier alpha value is -1.87. The van der Waals surface area contributed by atoms with Crippen LogP contribution < -0.4 is 0 Å². The molecule has 1 aromatic rings. The summed E-state index contributed by atoms with van der Waals surface area (Å²) in [5.41, 5.74) is 1.09. The molecule has 1 atom stereocenters. The average Bonchev–Trinajstić information content (AvgIpc) is 2.46. The first-order valence-electron chi connectivity index (χ1n) is 7.06. The highest BCUT2D eigenvalue weighted by Crippen LogP contribution is 2.45. The maximum atomic E-state index is 12.7. The van der Waals surface area contributed by atoms with Crippen molar-refractivity contribution in [1.29, 1.82) is 0 Å². The standard InChI is InChI=1S/C18H22O3/c1-17(2,3)18(21-4)11-14(12-19)15(10-16(18)20)13-8-6-5-7-9-13/h5-10,12,19H,11H2,1-4H3. The van der Waals surface area contributed by atoms with E-state index in [0.29, 0.717) is 6.42 Å². The number of rotatable bonds is 2. The van der Waals surface area contributed by atoms with E-state index in [1.807, 2.05) is 51.1 Å². The Morgan fingerprint density at radius 1 is 1.24 bits per heavy atom. The van der Waals surface area contributed by atoms with Gasteiger partial charge in [-0.25, -0.2) is 0 Å². The fourth-order valence-corrected chi connectivity index (χ4v) is 2.91. The molecule has 0 spiro atoms. The molecule has 21 heavy (non-hydrogen) atoms. The molecule has 0 aromatic heterocycles. The van der Waals surface area contributed by atoms with Gasteiger partial charge in [-0.2, -0.15) is 0 Å². The fraction of sp³-hybridized carbons (Fsp3) is 0.389. The number of hydrogen-bond donors (Lipinski definition) is 1. The smallest absolute Gasteiger partial charge is 0.188 e. The predicted molar refractivity (Wildman–Crippen MR) is 83.9 cm³/mol. The Labute approximate surface area is 125 Å². The van der Waals surface area contributed by atoms with Crippen LogP contribution in [0.1, 0.15) is 32.8 Å². The van der Waals surface area contributed by atoms with Gasteiger partial charge in [0.2, 0.25) is 0 Å². The molecule has 0 bridgehead atoms. The summed E-state index contributed by atoms with van der Waals surface area (Å²) in [6, 6.07) is 9.61. The third-order valence-corrected chi connectivity index (χ3v) is 4.26. The molecule has 0 amide bonds. The van der Waals surface area contributed by atoms with Gasteiger partial charge in [-0.3, -0.25) is 4.79 Å². The van der Waals surface area contributed by atoms with Crippen LogP contribution >= 0.6 is 0 Å². The number of aliphatic hydroxyl groups excluding tert-OH is 1. The zero-order chi connectivity index (χ0) is 15.7. The van der Waals surface area contributed by atoms with Crippen molar-refractivity contribution >= 4 is 11.4 Å². The molecule has 0 fully saturated rings. The van der Waals surface area contributed by atoms with Gasteiger partial charge < -0.3 is 9.84 Å². The van der Waals surface area contributed by atoms with E-state index in [-0.39, 0.29) is 11.2 Å². The monoisotopic (exact) mass is 286 g/mol.